The van der Waals surface area contributed by atoms with E-state index in [0.717, 1.165) is 19.5 Å². The van der Waals surface area contributed by atoms with Crippen molar-refractivity contribution in [3.8, 4) is 0 Å². The fourth-order valence-corrected chi connectivity index (χ4v) is 5.16. The maximum Gasteiger partial charge on any atom is 0.237 e. The molecule has 2 aliphatic rings. The van der Waals surface area contributed by atoms with E-state index in [1.807, 2.05) is 0 Å². The Hall–Kier alpha value is -0.410. The first-order chi connectivity index (χ1) is 10.8. The van der Waals surface area contributed by atoms with Crippen molar-refractivity contribution in [1.29, 1.82) is 0 Å². The number of rotatable bonds is 7. The molecule has 0 aliphatic carbocycles. The summed E-state index contributed by atoms with van der Waals surface area (Å²) in [6.45, 7) is 5.63. The van der Waals surface area contributed by atoms with Crippen LogP contribution in [0.15, 0.2) is 0 Å². The summed E-state index contributed by atoms with van der Waals surface area (Å²) in [5.41, 5.74) is 5.89. The van der Waals surface area contributed by atoms with E-state index < -0.39 is 9.84 Å². The van der Waals surface area contributed by atoms with Gasteiger partial charge in [-0.1, -0.05) is 6.92 Å². The predicted molar refractivity (Wildman–Crippen MR) is 96.1 cm³/mol. The molecule has 2 heterocycles. The van der Waals surface area contributed by atoms with Gasteiger partial charge in [-0.25, -0.2) is 8.42 Å². The molecule has 0 radical (unpaired) electrons. The SMILES string of the molecule is COCCN(C(=O)CN1CCC(C)(CN)C1)C1CCS(=O)(=O)C1.Cl. The van der Waals surface area contributed by atoms with E-state index in [0.29, 0.717) is 32.7 Å². The molecule has 0 spiro atoms. The van der Waals surface area contributed by atoms with Crippen LogP contribution in [0.3, 0.4) is 0 Å². The predicted octanol–water partition coefficient (Wildman–Crippen LogP) is -0.259. The van der Waals surface area contributed by atoms with Crippen LogP contribution in [0.1, 0.15) is 19.8 Å². The summed E-state index contributed by atoms with van der Waals surface area (Å²) in [6, 6.07) is -0.217. The Morgan fingerprint density at radius 2 is 2.17 bits per heavy atom. The number of carbonyl (C=O) groups is 1. The van der Waals surface area contributed by atoms with Crippen LogP contribution in [0.25, 0.3) is 0 Å². The molecule has 9 heteroatoms. The molecule has 2 aliphatic heterocycles. The number of methoxy groups -OCH3 is 1. The van der Waals surface area contributed by atoms with Crippen molar-refractivity contribution in [3.05, 3.63) is 0 Å². The van der Waals surface area contributed by atoms with Gasteiger partial charge in [-0.15, -0.1) is 12.4 Å². The van der Waals surface area contributed by atoms with E-state index in [1.54, 1.807) is 12.0 Å². The van der Waals surface area contributed by atoms with Gasteiger partial charge < -0.3 is 15.4 Å². The van der Waals surface area contributed by atoms with Crippen molar-refractivity contribution in [2.75, 3.05) is 57.9 Å². The molecule has 2 atom stereocenters. The van der Waals surface area contributed by atoms with Gasteiger partial charge in [0.15, 0.2) is 9.84 Å². The van der Waals surface area contributed by atoms with E-state index in [-0.39, 0.29) is 41.3 Å². The number of sulfone groups is 1. The Morgan fingerprint density at radius 1 is 1.46 bits per heavy atom. The highest BCUT2D eigenvalue weighted by molar-refractivity contribution is 7.91. The number of halogens is 1. The lowest BCUT2D eigenvalue weighted by atomic mass is 9.90. The lowest BCUT2D eigenvalue weighted by Crippen LogP contribution is -2.47. The number of hydrogen-bond donors (Lipinski definition) is 1. The number of amides is 1. The first-order valence-electron chi connectivity index (χ1n) is 8.20. The zero-order chi connectivity index (χ0) is 17.1. The van der Waals surface area contributed by atoms with Gasteiger partial charge in [-0.2, -0.15) is 0 Å². The zero-order valence-corrected chi connectivity index (χ0v) is 16.2. The molecule has 2 saturated heterocycles. The third kappa shape index (κ3) is 5.56. The molecule has 0 bridgehead atoms. The maximum absolute atomic E-state index is 12.7. The molecule has 2 unspecified atom stereocenters. The molecule has 2 fully saturated rings. The van der Waals surface area contributed by atoms with Gasteiger partial charge in [0.25, 0.3) is 0 Å². The van der Waals surface area contributed by atoms with E-state index in [2.05, 4.69) is 11.8 Å². The van der Waals surface area contributed by atoms with Crippen molar-refractivity contribution < 1.29 is 17.9 Å². The van der Waals surface area contributed by atoms with Crippen LogP contribution in [0.4, 0.5) is 0 Å². The van der Waals surface area contributed by atoms with Crippen molar-refractivity contribution in [2.45, 2.75) is 25.8 Å². The second kappa shape index (κ2) is 8.80. The lowest BCUT2D eigenvalue weighted by Gasteiger charge is -2.30. The van der Waals surface area contributed by atoms with Crippen molar-refractivity contribution in [3.63, 3.8) is 0 Å². The summed E-state index contributed by atoms with van der Waals surface area (Å²) in [7, 11) is -1.43. The first-order valence-corrected chi connectivity index (χ1v) is 10.0. The highest BCUT2D eigenvalue weighted by Crippen LogP contribution is 2.28. The molecular formula is C15H30ClN3O4S. The second-order valence-electron chi connectivity index (χ2n) is 7.11. The minimum absolute atomic E-state index is 0. The standard InChI is InChI=1S/C15H29N3O4S.ClH/c1-15(11-16)4-5-17(12-15)9-14(19)18(6-7-22-2)13-3-8-23(20,21)10-13;/h13H,3-12,16H2,1-2H3;1H. The minimum Gasteiger partial charge on any atom is -0.383 e. The molecule has 0 aromatic carbocycles. The van der Waals surface area contributed by atoms with Crippen LogP contribution in [0.2, 0.25) is 0 Å². The molecule has 2 rings (SSSR count). The average molecular weight is 384 g/mol. The minimum atomic E-state index is -3.01. The Morgan fingerprint density at radius 3 is 2.67 bits per heavy atom. The van der Waals surface area contributed by atoms with Crippen LogP contribution in [0.5, 0.6) is 0 Å². The average Bonchev–Trinajstić information content (AvgIpc) is 3.03. The van der Waals surface area contributed by atoms with E-state index >= 15 is 0 Å². The molecule has 2 N–H and O–H groups in total. The van der Waals surface area contributed by atoms with E-state index in [4.69, 9.17) is 10.5 Å². The van der Waals surface area contributed by atoms with Gasteiger partial charge in [-0.3, -0.25) is 9.69 Å². The van der Waals surface area contributed by atoms with Crippen LogP contribution in [-0.2, 0) is 19.4 Å². The monoisotopic (exact) mass is 383 g/mol. The number of nitrogens with zero attached hydrogens (tertiary/aromatic N) is 2. The van der Waals surface area contributed by atoms with Gasteiger partial charge in [0.2, 0.25) is 5.91 Å². The summed E-state index contributed by atoms with van der Waals surface area (Å²) in [6.07, 6.45) is 1.52. The maximum atomic E-state index is 12.7. The first kappa shape index (κ1) is 21.6. The van der Waals surface area contributed by atoms with Crippen LogP contribution < -0.4 is 5.73 Å². The van der Waals surface area contributed by atoms with Crippen LogP contribution in [0, 0.1) is 5.41 Å². The molecule has 0 aromatic rings. The summed E-state index contributed by atoms with van der Waals surface area (Å²) in [5, 5.41) is 0. The largest absolute Gasteiger partial charge is 0.383 e. The van der Waals surface area contributed by atoms with Gasteiger partial charge in [0.1, 0.15) is 0 Å². The Kier molecular flexibility index (Phi) is 7.93. The highest BCUT2D eigenvalue weighted by Gasteiger charge is 2.37. The van der Waals surface area contributed by atoms with E-state index in [9.17, 15) is 13.2 Å². The Bertz CT molecular complexity index is 531. The number of likely N-dealkylation sites (tertiary alicyclic amines) is 1. The fourth-order valence-electron chi connectivity index (χ4n) is 3.43. The Labute approximate surface area is 151 Å². The van der Waals surface area contributed by atoms with Gasteiger partial charge in [-0.05, 0) is 31.3 Å². The lowest BCUT2D eigenvalue weighted by molar-refractivity contribution is -0.134. The topological polar surface area (TPSA) is 92.9 Å². The molecule has 24 heavy (non-hydrogen) atoms. The molecule has 0 saturated carbocycles. The molecular weight excluding hydrogens is 354 g/mol. The van der Waals surface area contributed by atoms with Crippen molar-refractivity contribution >= 4 is 28.2 Å². The quantitative estimate of drug-likeness (QED) is 0.651. The molecule has 7 nitrogen and oxygen atoms in total. The Balaban J connectivity index is 0.00000288. The number of ether oxygens (including phenoxy) is 1. The summed E-state index contributed by atoms with van der Waals surface area (Å²) < 4.78 is 28.5. The normalized spacial score (nSPS) is 29.4. The summed E-state index contributed by atoms with van der Waals surface area (Å²) >= 11 is 0. The zero-order valence-electron chi connectivity index (χ0n) is 14.6. The number of nitrogens with two attached hydrogens (primary N) is 1. The van der Waals surface area contributed by atoms with Crippen molar-refractivity contribution in [2.24, 2.45) is 11.1 Å². The summed E-state index contributed by atoms with van der Waals surface area (Å²) in [5.74, 6) is 0.234. The van der Waals surface area contributed by atoms with Crippen molar-refractivity contribution in [1.82, 2.24) is 9.80 Å². The third-order valence-corrected chi connectivity index (χ3v) is 6.74. The molecule has 1 amide bonds. The van der Waals surface area contributed by atoms with Crippen LogP contribution in [-0.4, -0.2) is 88.1 Å². The summed E-state index contributed by atoms with van der Waals surface area (Å²) in [4.78, 5) is 16.5. The molecule has 0 aromatic heterocycles. The molecule has 142 valence electrons. The smallest absolute Gasteiger partial charge is 0.237 e. The van der Waals surface area contributed by atoms with E-state index in [1.165, 1.54) is 0 Å². The second-order valence-corrected chi connectivity index (χ2v) is 9.34. The number of carbonyl (C=O) groups excluding carboxylic acids is 1. The fraction of sp³-hybridized carbons (Fsp3) is 0.933. The van der Waals surface area contributed by atoms with Gasteiger partial charge >= 0.3 is 0 Å². The highest BCUT2D eigenvalue weighted by atomic mass is 35.5. The van der Waals surface area contributed by atoms with Gasteiger partial charge in [0, 0.05) is 26.2 Å². The van der Waals surface area contributed by atoms with Crippen LogP contribution >= 0.6 is 12.4 Å². The van der Waals surface area contributed by atoms with Gasteiger partial charge in [0.05, 0.1) is 24.7 Å². The number of hydrogen-bond acceptors (Lipinski definition) is 6. The third-order valence-electron chi connectivity index (χ3n) is 4.99.